The molecule has 4 aromatic rings. The molecule has 0 bridgehead atoms. The first-order chi connectivity index (χ1) is 21.0. The fraction of sp³-hybridized carbons (Fsp3) is 0.0909. The molecule has 0 saturated heterocycles. The van der Waals surface area contributed by atoms with Crippen LogP contribution in [0, 0.1) is 0 Å². The molecule has 0 aliphatic carbocycles. The topological polar surface area (TPSA) is 125 Å². The van der Waals surface area contributed by atoms with Gasteiger partial charge >= 0.3 is 5.97 Å². The van der Waals surface area contributed by atoms with Gasteiger partial charge < -0.3 is 24.3 Å². The van der Waals surface area contributed by atoms with E-state index in [2.05, 4.69) is 15.8 Å². The number of hydrazone groups is 1. The van der Waals surface area contributed by atoms with Crippen molar-refractivity contribution in [3.8, 4) is 23.0 Å². The molecule has 5 rings (SSSR count). The first-order valence-corrected chi connectivity index (χ1v) is 13.3. The van der Waals surface area contributed by atoms with E-state index >= 15 is 0 Å². The Morgan fingerprint density at radius 1 is 0.814 bits per heavy atom. The molecular formula is C33H27N3O7. The summed E-state index contributed by atoms with van der Waals surface area (Å²) in [5, 5.41) is 6.80. The Bertz CT molecular complexity index is 1700. The number of esters is 1. The number of hydrogen-bond acceptors (Lipinski definition) is 8. The number of hydrogen-bond donors (Lipinski definition) is 2. The molecule has 10 heteroatoms. The van der Waals surface area contributed by atoms with Gasteiger partial charge in [0.2, 0.25) is 6.79 Å². The molecule has 0 aromatic heterocycles. The third-order valence-electron chi connectivity index (χ3n) is 6.09. The van der Waals surface area contributed by atoms with Crippen molar-refractivity contribution in [1.29, 1.82) is 0 Å². The monoisotopic (exact) mass is 577 g/mol. The van der Waals surface area contributed by atoms with Gasteiger partial charge in [-0.15, -0.1) is 0 Å². The molecule has 0 unspecified atom stereocenters. The highest BCUT2D eigenvalue weighted by atomic mass is 16.7. The molecule has 0 radical (unpaired) electrons. The predicted molar refractivity (Wildman–Crippen MR) is 161 cm³/mol. The molecule has 43 heavy (non-hydrogen) atoms. The summed E-state index contributed by atoms with van der Waals surface area (Å²) >= 11 is 0. The van der Waals surface area contributed by atoms with Crippen molar-refractivity contribution in [1.82, 2.24) is 5.43 Å². The zero-order chi connectivity index (χ0) is 30.0. The Morgan fingerprint density at radius 2 is 1.63 bits per heavy atom. The number of ether oxygens (including phenoxy) is 4. The molecule has 1 aliphatic rings. The van der Waals surface area contributed by atoms with Gasteiger partial charge in [0.05, 0.1) is 12.8 Å². The number of nitrogens with one attached hydrogen (secondary N) is 2. The molecule has 0 fully saturated rings. The predicted octanol–water partition coefficient (Wildman–Crippen LogP) is 5.45. The first kappa shape index (κ1) is 28.6. The average Bonchev–Trinajstić information content (AvgIpc) is 3.50. The van der Waals surface area contributed by atoms with E-state index in [-0.39, 0.29) is 18.4 Å². The van der Waals surface area contributed by atoms with Crippen LogP contribution in [0.2, 0.25) is 0 Å². The van der Waals surface area contributed by atoms with Gasteiger partial charge in [-0.25, -0.2) is 10.2 Å². The summed E-state index contributed by atoms with van der Waals surface area (Å²) in [4.78, 5) is 37.8. The number of anilines is 1. The van der Waals surface area contributed by atoms with Crippen molar-refractivity contribution >= 4 is 35.8 Å². The molecule has 1 heterocycles. The van der Waals surface area contributed by atoms with Gasteiger partial charge in [0, 0.05) is 22.9 Å². The van der Waals surface area contributed by atoms with E-state index in [1.807, 2.05) is 37.3 Å². The fourth-order valence-corrected chi connectivity index (χ4v) is 4.04. The molecule has 0 atom stereocenters. The number of carbonyl (C=O) groups is 3. The summed E-state index contributed by atoms with van der Waals surface area (Å²) in [6, 6.07) is 25.7. The maximum absolute atomic E-state index is 12.7. The van der Waals surface area contributed by atoms with Gasteiger partial charge in [-0.1, -0.05) is 36.4 Å². The summed E-state index contributed by atoms with van der Waals surface area (Å²) in [7, 11) is 0. The fourth-order valence-electron chi connectivity index (χ4n) is 4.04. The highest BCUT2D eigenvalue weighted by molar-refractivity contribution is 6.05. The summed E-state index contributed by atoms with van der Waals surface area (Å²) in [6.07, 6.45) is 4.44. The number of carbonyl (C=O) groups excluding carboxylic acids is 3. The third kappa shape index (κ3) is 7.65. The van der Waals surface area contributed by atoms with Crippen LogP contribution in [-0.2, 0) is 4.79 Å². The molecule has 4 aromatic carbocycles. The molecule has 0 spiro atoms. The van der Waals surface area contributed by atoms with Crippen molar-refractivity contribution in [2.24, 2.45) is 5.10 Å². The van der Waals surface area contributed by atoms with E-state index in [0.29, 0.717) is 46.2 Å². The highest BCUT2D eigenvalue weighted by Gasteiger charge is 2.17. The Hall–Kier alpha value is -5.90. The van der Waals surface area contributed by atoms with Gasteiger partial charge in [0.1, 0.15) is 0 Å². The van der Waals surface area contributed by atoms with Crippen molar-refractivity contribution in [3.63, 3.8) is 0 Å². The zero-order valence-electron chi connectivity index (χ0n) is 23.1. The van der Waals surface area contributed by atoms with E-state index < -0.39 is 11.9 Å². The second-order valence-corrected chi connectivity index (χ2v) is 9.11. The highest BCUT2D eigenvalue weighted by Crippen LogP contribution is 2.33. The van der Waals surface area contributed by atoms with Crippen LogP contribution in [0.1, 0.15) is 38.8 Å². The summed E-state index contributed by atoms with van der Waals surface area (Å²) in [5.74, 6) is 0.301. The Morgan fingerprint density at radius 3 is 2.47 bits per heavy atom. The lowest BCUT2D eigenvalue weighted by atomic mass is 10.1. The van der Waals surface area contributed by atoms with Crippen LogP contribution in [0.4, 0.5) is 5.69 Å². The molecule has 1 aliphatic heterocycles. The molecule has 0 saturated carbocycles. The quantitative estimate of drug-likeness (QED) is 0.0845. The maximum atomic E-state index is 12.7. The van der Waals surface area contributed by atoms with Crippen molar-refractivity contribution in [2.45, 2.75) is 6.92 Å². The SMILES string of the molecule is CCOc1cc(C=NNC(=O)c2cccc(NC(=O)c3ccc4c(c3)OCO4)c2)ccc1OC(=O)/C=C/c1ccccc1. The summed E-state index contributed by atoms with van der Waals surface area (Å²) in [5.41, 5.74) is 5.06. The van der Waals surface area contributed by atoms with Crippen LogP contribution < -0.4 is 29.7 Å². The summed E-state index contributed by atoms with van der Waals surface area (Å²) in [6.45, 7) is 2.28. The van der Waals surface area contributed by atoms with E-state index in [1.54, 1.807) is 60.7 Å². The molecule has 216 valence electrons. The Labute approximate surface area is 247 Å². The number of nitrogens with zero attached hydrogens (tertiary/aromatic N) is 1. The maximum Gasteiger partial charge on any atom is 0.336 e. The van der Waals surface area contributed by atoms with Crippen LogP contribution in [-0.4, -0.2) is 37.4 Å². The van der Waals surface area contributed by atoms with Gasteiger partial charge in [0.15, 0.2) is 23.0 Å². The minimum Gasteiger partial charge on any atom is -0.490 e. The van der Waals surface area contributed by atoms with Gasteiger partial charge in [0.25, 0.3) is 11.8 Å². The van der Waals surface area contributed by atoms with E-state index in [4.69, 9.17) is 18.9 Å². The van der Waals surface area contributed by atoms with Gasteiger partial charge in [-0.2, -0.15) is 5.10 Å². The normalized spacial score (nSPS) is 11.8. The number of amides is 2. The van der Waals surface area contributed by atoms with Crippen LogP contribution >= 0.6 is 0 Å². The number of fused-ring (bicyclic) bond motifs is 1. The van der Waals surface area contributed by atoms with E-state index in [9.17, 15) is 14.4 Å². The number of benzene rings is 4. The van der Waals surface area contributed by atoms with Crippen LogP contribution in [0.25, 0.3) is 6.08 Å². The minimum absolute atomic E-state index is 0.113. The second kappa shape index (κ2) is 13.6. The average molecular weight is 578 g/mol. The summed E-state index contributed by atoms with van der Waals surface area (Å²) < 4.78 is 21.7. The molecular weight excluding hydrogens is 550 g/mol. The van der Waals surface area contributed by atoms with Gasteiger partial charge in [-0.3, -0.25) is 9.59 Å². The largest absolute Gasteiger partial charge is 0.490 e. The Balaban J connectivity index is 1.19. The zero-order valence-corrected chi connectivity index (χ0v) is 23.1. The molecule has 2 N–H and O–H groups in total. The van der Waals surface area contributed by atoms with E-state index in [0.717, 1.165) is 5.56 Å². The standard InChI is InChI=1S/C33H27N3O7/c1-2-40-29-17-23(11-14-28(29)43-31(37)16-12-22-7-4-3-5-8-22)20-34-36-33(39)24-9-6-10-26(18-24)35-32(38)25-13-15-27-30(19-25)42-21-41-27/h3-20H,2,21H2,1H3,(H,35,38)(H,36,39)/b16-12+,34-20?. The number of rotatable bonds is 10. The third-order valence-corrected chi connectivity index (χ3v) is 6.09. The lowest BCUT2D eigenvalue weighted by molar-refractivity contribution is -0.129. The Kier molecular flexibility index (Phi) is 9.08. The molecule has 10 nitrogen and oxygen atoms in total. The first-order valence-electron chi connectivity index (χ1n) is 13.3. The second-order valence-electron chi connectivity index (χ2n) is 9.11. The van der Waals surface area contributed by atoms with Crippen LogP contribution in [0.15, 0.2) is 102 Å². The van der Waals surface area contributed by atoms with Crippen molar-refractivity contribution in [3.05, 3.63) is 119 Å². The smallest absolute Gasteiger partial charge is 0.336 e. The lowest BCUT2D eigenvalue weighted by Crippen LogP contribution is -2.18. The minimum atomic E-state index is -0.548. The van der Waals surface area contributed by atoms with E-state index in [1.165, 1.54) is 18.4 Å². The van der Waals surface area contributed by atoms with Gasteiger partial charge in [-0.05, 0) is 78.7 Å². The molecule has 2 amide bonds. The lowest BCUT2D eigenvalue weighted by Gasteiger charge is -2.10. The van der Waals surface area contributed by atoms with Crippen molar-refractivity contribution in [2.75, 3.05) is 18.7 Å². The van der Waals surface area contributed by atoms with Crippen LogP contribution in [0.5, 0.6) is 23.0 Å². The van der Waals surface area contributed by atoms with Crippen molar-refractivity contribution < 1.29 is 33.3 Å². The van der Waals surface area contributed by atoms with Crippen LogP contribution in [0.3, 0.4) is 0 Å².